The number of carbonyl (C=O) groups excluding carboxylic acids is 2. The van der Waals surface area contributed by atoms with Gasteiger partial charge < -0.3 is 30.9 Å². The van der Waals surface area contributed by atoms with Crippen LogP contribution in [-0.4, -0.2) is 85.7 Å². The predicted octanol–water partition coefficient (Wildman–Crippen LogP) is 0.786. The average Bonchev–Trinajstić information content (AvgIpc) is 2.80. The van der Waals surface area contributed by atoms with Crippen molar-refractivity contribution in [1.29, 1.82) is 5.26 Å². The van der Waals surface area contributed by atoms with Crippen molar-refractivity contribution in [2.45, 2.75) is 62.9 Å². The molecule has 2 aliphatic heterocycles. The maximum atomic E-state index is 13.5. The van der Waals surface area contributed by atoms with Crippen LogP contribution in [0.5, 0.6) is 0 Å². The van der Waals surface area contributed by atoms with Crippen LogP contribution in [0.4, 0.5) is 4.79 Å². The number of nitriles is 1. The van der Waals surface area contributed by atoms with Crippen LogP contribution < -0.4 is 16.4 Å². The molecular weight excluding hydrogens is 410 g/mol. The number of urea groups is 1. The summed E-state index contributed by atoms with van der Waals surface area (Å²) in [5, 5.41) is 16.2. The van der Waals surface area contributed by atoms with Crippen LogP contribution >= 0.6 is 0 Å². The molecule has 32 heavy (non-hydrogen) atoms. The molecule has 10 heteroatoms. The SMILES string of the molecule is CN1CCC(C#N)(NC(=O)C(CC2CCCCC2)N/C(=N/C(N)=O)N2CCOCC2)CC1. The van der Waals surface area contributed by atoms with Crippen LogP contribution in [-0.2, 0) is 9.53 Å². The van der Waals surface area contributed by atoms with Gasteiger partial charge in [-0.05, 0) is 32.2 Å². The number of primary amides is 1. The Morgan fingerprint density at radius 2 is 1.84 bits per heavy atom. The molecule has 0 aromatic carbocycles. The van der Waals surface area contributed by atoms with Crippen LogP contribution in [0.1, 0.15) is 51.4 Å². The second-order valence-electron chi connectivity index (χ2n) is 9.30. The Morgan fingerprint density at radius 3 is 2.44 bits per heavy atom. The zero-order chi connectivity index (χ0) is 23.0. The van der Waals surface area contributed by atoms with Gasteiger partial charge in [-0.15, -0.1) is 0 Å². The molecule has 178 valence electrons. The highest BCUT2D eigenvalue weighted by Crippen LogP contribution is 2.28. The topological polar surface area (TPSA) is 136 Å². The molecule has 0 aromatic heterocycles. The third kappa shape index (κ3) is 6.81. The Bertz CT molecular complexity index is 716. The number of likely N-dealkylation sites (tertiary alicyclic amines) is 1. The second kappa shape index (κ2) is 11.5. The zero-order valence-electron chi connectivity index (χ0n) is 19.1. The van der Waals surface area contributed by atoms with Gasteiger partial charge in [0.2, 0.25) is 11.9 Å². The number of morpholine rings is 1. The van der Waals surface area contributed by atoms with Gasteiger partial charge in [0.15, 0.2) is 0 Å². The lowest BCUT2D eigenvalue weighted by Crippen LogP contribution is -2.60. The van der Waals surface area contributed by atoms with E-state index in [0.717, 1.165) is 25.9 Å². The molecule has 1 saturated carbocycles. The summed E-state index contributed by atoms with van der Waals surface area (Å²) in [6.07, 6.45) is 7.54. The first-order chi connectivity index (χ1) is 15.4. The number of amides is 3. The summed E-state index contributed by atoms with van der Waals surface area (Å²) >= 11 is 0. The molecule has 4 N–H and O–H groups in total. The van der Waals surface area contributed by atoms with Crippen molar-refractivity contribution in [2.75, 3.05) is 46.4 Å². The number of nitrogens with zero attached hydrogens (tertiary/aromatic N) is 4. The number of hydrogen-bond donors (Lipinski definition) is 3. The molecule has 10 nitrogen and oxygen atoms in total. The predicted molar refractivity (Wildman–Crippen MR) is 121 cm³/mol. The molecule has 3 fully saturated rings. The fourth-order valence-electron chi connectivity index (χ4n) is 4.81. The number of guanidine groups is 1. The molecule has 0 spiro atoms. The van der Waals surface area contributed by atoms with Crippen molar-refractivity contribution in [3.63, 3.8) is 0 Å². The Morgan fingerprint density at radius 1 is 1.19 bits per heavy atom. The minimum atomic E-state index is -0.865. The van der Waals surface area contributed by atoms with Gasteiger partial charge >= 0.3 is 6.03 Å². The summed E-state index contributed by atoms with van der Waals surface area (Å²) < 4.78 is 5.41. The van der Waals surface area contributed by atoms with E-state index in [1.807, 2.05) is 11.9 Å². The highest BCUT2D eigenvalue weighted by molar-refractivity contribution is 5.95. The van der Waals surface area contributed by atoms with E-state index in [0.29, 0.717) is 57.4 Å². The summed E-state index contributed by atoms with van der Waals surface area (Å²) in [5.74, 6) is 0.514. The largest absolute Gasteiger partial charge is 0.378 e. The van der Waals surface area contributed by atoms with Gasteiger partial charge in [0, 0.05) is 26.2 Å². The van der Waals surface area contributed by atoms with Crippen LogP contribution in [0.15, 0.2) is 4.99 Å². The van der Waals surface area contributed by atoms with Crippen LogP contribution in [0.3, 0.4) is 0 Å². The van der Waals surface area contributed by atoms with E-state index in [1.165, 1.54) is 19.3 Å². The van der Waals surface area contributed by atoms with Gasteiger partial charge in [-0.25, -0.2) is 4.79 Å². The van der Waals surface area contributed by atoms with E-state index in [-0.39, 0.29) is 5.91 Å². The first kappa shape index (κ1) is 24.3. The summed E-state index contributed by atoms with van der Waals surface area (Å²) in [6, 6.07) is 0.959. The summed E-state index contributed by atoms with van der Waals surface area (Å²) in [6.45, 7) is 3.68. The number of nitrogens with one attached hydrogen (secondary N) is 2. The number of piperidine rings is 1. The van der Waals surface area contributed by atoms with Crippen molar-refractivity contribution >= 4 is 17.9 Å². The van der Waals surface area contributed by atoms with E-state index >= 15 is 0 Å². The number of rotatable bonds is 5. The summed E-state index contributed by atoms with van der Waals surface area (Å²) in [5.41, 5.74) is 4.50. The van der Waals surface area contributed by atoms with Gasteiger partial charge in [-0.2, -0.15) is 10.3 Å². The van der Waals surface area contributed by atoms with Crippen molar-refractivity contribution in [3.05, 3.63) is 0 Å². The molecule has 0 radical (unpaired) electrons. The highest BCUT2D eigenvalue weighted by Gasteiger charge is 2.38. The van der Waals surface area contributed by atoms with Crippen LogP contribution in [0.25, 0.3) is 0 Å². The molecule has 1 atom stereocenters. The molecule has 0 bridgehead atoms. The second-order valence-corrected chi connectivity index (χ2v) is 9.30. The molecule has 2 heterocycles. The fourth-order valence-corrected chi connectivity index (χ4v) is 4.81. The van der Waals surface area contributed by atoms with E-state index in [2.05, 4.69) is 26.6 Å². The Hall–Kier alpha value is -2.38. The average molecular weight is 448 g/mol. The van der Waals surface area contributed by atoms with E-state index in [9.17, 15) is 14.9 Å². The Kier molecular flexibility index (Phi) is 8.70. The lowest BCUT2D eigenvalue weighted by molar-refractivity contribution is -0.125. The Labute approximate surface area is 190 Å². The highest BCUT2D eigenvalue weighted by atomic mass is 16.5. The van der Waals surface area contributed by atoms with E-state index in [1.54, 1.807) is 0 Å². The molecule has 3 aliphatic rings. The van der Waals surface area contributed by atoms with Gasteiger partial charge in [0.1, 0.15) is 11.6 Å². The third-order valence-electron chi connectivity index (χ3n) is 6.86. The first-order valence-electron chi connectivity index (χ1n) is 11.8. The standard InChI is InChI=1S/C22H37N7O3/c1-28-9-7-22(16-23,8-10-28)27-19(30)18(15-17-5-3-2-4-6-17)25-21(26-20(24)31)29-11-13-32-14-12-29/h17-18H,2-15H2,1H3,(H,27,30)(H3,24,25,26,31). The minimum absolute atomic E-state index is 0.216. The molecule has 0 aromatic rings. The van der Waals surface area contributed by atoms with Gasteiger partial charge in [0.25, 0.3) is 0 Å². The lowest BCUT2D eigenvalue weighted by atomic mass is 9.84. The zero-order valence-corrected chi connectivity index (χ0v) is 19.1. The molecule has 3 amide bonds. The summed E-state index contributed by atoms with van der Waals surface area (Å²) in [4.78, 5) is 33.1. The van der Waals surface area contributed by atoms with Gasteiger partial charge in [-0.3, -0.25) is 4.79 Å². The smallest absolute Gasteiger partial charge is 0.341 e. The number of aliphatic imine (C=N–C) groups is 1. The van der Waals surface area contributed by atoms with Gasteiger partial charge in [0.05, 0.1) is 19.3 Å². The van der Waals surface area contributed by atoms with E-state index < -0.39 is 17.6 Å². The number of carbonyl (C=O) groups is 2. The fraction of sp³-hybridized carbons (Fsp3) is 0.818. The quantitative estimate of drug-likeness (QED) is 0.419. The van der Waals surface area contributed by atoms with Crippen LogP contribution in [0, 0.1) is 17.2 Å². The molecular formula is C22H37N7O3. The van der Waals surface area contributed by atoms with Crippen molar-refractivity contribution in [1.82, 2.24) is 20.4 Å². The normalized spacial score (nSPS) is 23.8. The van der Waals surface area contributed by atoms with Crippen LogP contribution in [0.2, 0.25) is 0 Å². The number of ether oxygens (including phenoxy) is 1. The maximum absolute atomic E-state index is 13.5. The molecule has 1 aliphatic carbocycles. The van der Waals surface area contributed by atoms with Gasteiger partial charge in [-0.1, -0.05) is 32.1 Å². The van der Waals surface area contributed by atoms with E-state index in [4.69, 9.17) is 10.5 Å². The monoisotopic (exact) mass is 447 g/mol. The molecule has 3 rings (SSSR count). The Balaban J connectivity index is 1.77. The number of hydrogen-bond acceptors (Lipinski definition) is 5. The van der Waals surface area contributed by atoms with Crippen molar-refractivity contribution in [2.24, 2.45) is 16.6 Å². The molecule has 2 saturated heterocycles. The first-order valence-corrected chi connectivity index (χ1v) is 11.8. The lowest BCUT2D eigenvalue weighted by Gasteiger charge is -2.38. The van der Waals surface area contributed by atoms with Crippen molar-refractivity contribution < 1.29 is 14.3 Å². The van der Waals surface area contributed by atoms with Crippen molar-refractivity contribution in [3.8, 4) is 6.07 Å². The third-order valence-corrected chi connectivity index (χ3v) is 6.86. The number of nitrogens with two attached hydrogens (primary N) is 1. The summed E-state index contributed by atoms with van der Waals surface area (Å²) in [7, 11) is 2.02. The minimum Gasteiger partial charge on any atom is -0.378 e. The maximum Gasteiger partial charge on any atom is 0.341 e. The molecule has 1 unspecified atom stereocenters.